The van der Waals surface area contributed by atoms with Gasteiger partial charge in [0.05, 0.1) is 22.2 Å². The monoisotopic (exact) mass is 544 g/mol. The van der Waals surface area contributed by atoms with Gasteiger partial charge in [0.1, 0.15) is 23.2 Å². The van der Waals surface area contributed by atoms with Crippen LogP contribution in [0.2, 0.25) is 0 Å². The van der Waals surface area contributed by atoms with E-state index in [-0.39, 0.29) is 16.9 Å². The number of hydrogen-bond acceptors (Lipinski definition) is 3. The van der Waals surface area contributed by atoms with Crippen LogP contribution in [0.25, 0.3) is 22.9 Å². The van der Waals surface area contributed by atoms with E-state index in [1.165, 1.54) is 48.5 Å². The van der Waals surface area contributed by atoms with Crippen LogP contribution in [-0.2, 0) is 11.3 Å². The van der Waals surface area contributed by atoms with Crippen molar-refractivity contribution in [3.63, 3.8) is 0 Å². The second kappa shape index (κ2) is 10.3. The quantitative estimate of drug-likeness (QED) is 0.164. The fourth-order valence-corrected chi connectivity index (χ4v) is 4.13. The molecule has 7 heteroatoms. The maximum absolute atomic E-state index is 14.8. The molecule has 0 aliphatic rings. The van der Waals surface area contributed by atoms with Gasteiger partial charge in [0.2, 0.25) is 0 Å². The van der Waals surface area contributed by atoms with E-state index < -0.39 is 17.6 Å². The van der Waals surface area contributed by atoms with Gasteiger partial charge in [-0.15, -0.1) is 0 Å². The van der Waals surface area contributed by atoms with Crippen LogP contribution in [0.1, 0.15) is 27.3 Å². The van der Waals surface area contributed by atoms with Crippen LogP contribution >= 0.6 is 15.9 Å². The van der Waals surface area contributed by atoms with Gasteiger partial charge in [-0.25, -0.2) is 18.6 Å². The number of aromatic nitrogens is 2. The van der Waals surface area contributed by atoms with E-state index in [1.807, 2.05) is 53.1 Å². The molecule has 1 heterocycles. The molecular weight excluding hydrogens is 526 g/mol. The van der Waals surface area contributed by atoms with E-state index in [4.69, 9.17) is 9.72 Å². The normalized spacial score (nSPS) is 11.6. The van der Waals surface area contributed by atoms with Crippen molar-refractivity contribution in [2.45, 2.75) is 6.54 Å². The lowest BCUT2D eigenvalue weighted by Crippen LogP contribution is -2.09. The first-order valence-electron chi connectivity index (χ1n) is 11.1. The largest absolute Gasteiger partial charge is 0.422 e. The lowest BCUT2D eigenvalue weighted by Gasteiger charge is -2.12. The number of hydrogen-bond donors (Lipinski definition) is 0. The maximum Gasteiger partial charge on any atom is 0.346 e. The Kier molecular flexibility index (Phi) is 6.73. The number of rotatable bonds is 6. The van der Waals surface area contributed by atoms with Crippen LogP contribution < -0.4 is 0 Å². The molecule has 0 N–H and O–H groups in total. The zero-order valence-electron chi connectivity index (χ0n) is 18.9. The van der Waals surface area contributed by atoms with Crippen LogP contribution in [0.3, 0.4) is 0 Å². The predicted octanol–water partition coefficient (Wildman–Crippen LogP) is 7.48. The number of carbonyl (C=O) groups is 1. The zero-order valence-corrected chi connectivity index (χ0v) is 20.5. The molecule has 5 rings (SSSR count). The average Bonchev–Trinajstić information content (AvgIpc) is 3.22. The number of ether oxygens (including phenoxy) is 1. The molecule has 0 aliphatic carbocycles. The van der Waals surface area contributed by atoms with Crippen molar-refractivity contribution in [1.29, 1.82) is 0 Å². The van der Waals surface area contributed by atoms with E-state index in [0.717, 1.165) is 21.1 Å². The lowest BCUT2D eigenvalue weighted by atomic mass is 10.1. The van der Waals surface area contributed by atoms with Crippen LogP contribution in [0.4, 0.5) is 8.78 Å². The van der Waals surface area contributed by atoms with Crippen molar-refractivity contribution >= 4 is 44.8 Å². The van der Waals surface area contributed by atoms with Crippen LogP contribution in [0, 0.1) is 11.6 Å². The number of carbonyl (C=O) groups excluding carboxylic acids is 1. The zero-order chi connectivity index (χ0) is 25.1. The predicted molar refractivity (Wildman–Crippen MR) is 139 cm³/mol. The summed E-state index contributed by atoms with van der Waals surface area (Å²) in [6.45, 7) is 0.478. The van der Waals surface area contributed by atoms with Crippen LogP contribution in [-0.4, -0.2) is 15.5 Å². The van der Waals surface area contributed by atoms with Gasteiger partial charge in [-0.05, 0) is 54.1 Å². The molecule has 0 radical (unpaired) electrons. The summed E-state index contributed by atoms with van der Waals surface area (Å²) in [5.41, 5.74) is 2.42. The third-order valence-corrected chi connectivity index (χ3v) is 6.16. The maximum atomic E-state index is 14.8. The molecule has 0 aliphatic heterocycles. The van der Waals surface area contributed by atoms with E-state index in [0.29, 0.717) is 12.4 Å². The van der Waals surface area contributed by atoms with Crippen molar-refractivity contribution in [3.8, 4) is 0 Å². The van der Waals surface area contributed by atoms with E-state index >= 15 is 0 Å². The average molecular weight is 545 g/mol. The third kappa shape index (κ3) is 4.97. The summed E-state index contributed by atoms with van der Waals surface area (Å²) in [6, 6.07) is 26.9. The van der Waals surface area contributed by atoms with E-state index in [2.05, 4.69) is 15.9 Å². The van der Waals surface area contributed by atoms with E-state index in [9.17, 15) is 13.6 Å². The second-order valence-electron chi connectivity index (χ2n) is 8.03. The van der Waals surface area contributed by atoms with Crippen molar-refractivity contribution in [2.75, 3.05) is 0 Å². The third-order valence-electron chi connectivity index (χ3n) is 5.63. The molecule has 4 aromatic carbocycles. The van der Waals surface area contributed by atoms with Gasteiger partial charge in [0, 0.05) is 17.1 Å². The molecule has 1 aromatic heterocycles. The smallest absolute Gasteiger partial charge is 0.346 e. The number of nitrogens with zero attached hydrogens (tertiary/aromatic N) is 2. The van der Waals surface area contributed by atoms with Crippen molar-refractivity contribution in [1.82, 2.24) is 9.55 Å². The van der Waals surface area contributed by atoms with Gasteiger partial charge >= 0.3 is 5.97 Å². The van der Waals surface area contributed by atoms with Crippen molar-refractivity contribution < 1.29 is 18.3 Å². The van der Waals surface area contributed by atoms with Crippen LogP contribution in [0.15, 0.2) is 102 Å². The molecular formula is C29H19BrF2N2O2. The Bertz CT molecular complexity index is 1590. The van der Waals surface area contributed by atoms with Gasteiger partial charge < -0.3 is 9.30 Å². The molecule has 0 saturated carbocycles. The van der Waals surface area contributed by atoms with E-state index in [1.54, 1.807) is 6.07 Å². The summed E-state index contributed by atoms with van der Waals surface area (Å²) in [6.07, 6.45) is 1.51. The number of fused-ring (bicyclic) bond motifs is 1. The molecule has 36 heavy (non-hydrogen) atoms. The Morgan fingerprint density at radius 3 is 2.14 bits per heavy atom. The lowest BCUT2D eigenvalue weighted by molar-refractivity contribution is 0.0688. The summed E-state index contributed by atoms with van der Waals surface area (Å²) in [7, 11) is 0. The minimum Gasteiger partial charge on any atom is -0.422 e. The Balaban J connectivity index is 1.63. The number of para-hydroxylation sites is 2. The summed E-state index contributed by atoms with van der Waals surface area (Å²) in [5.74, 6) is -1.86. The van der Waals surface area contributed by atoms with Gasteiger partial charge in [-0.2, -0.15) is 0 Å². The fraction of sp³-hybridized carbons (Fsp3) is 0.0345. The minimum atomic E-state index is -0.932. The van der Waals surface area contributed by atoms with Crippen molar-refractivity contribution in [2.24, 2.45) is 0 Å². The van der Waals surface area contributed by atoms with Crippen LogP contribution in [0.5, 0.6) is 0 Å². The molecule has 0 bridgehead atoms. The molecule has 0 saturated heterocycles. The molecule has 0 spiro atoms. The summed E-state index contributed by atoms with van der Waals surface area (Å²) in [5, 5.41) is 0. The number of benzene rings is 4. The first-order chi connectivity index (χ1) is 17.5. The molecule has 0 amide bonds. The SMILES string of the molecule is O=C(OC(=Cc1nc2ccccc2n1Cc1ccc(Br)cc1)c1ccccc1F)c1ccccc1F. The van der Waals surface area contributed by atoms with Gasteiger partial charge in [-0.1, -0.05) is 64.5 Å². The Morgan fingerprint density at radius 1 is 0.833 bits per heavy atom. The molecule has 0 atom stereocenters. The molecule has 0 unspecified atom stereocenters. The summed E-state index contributed by atoms with van der Waals surface area (Å²) in [4.78, 5) is 17.6. The number of esters is 1. The van der Waals surface area contributed by atoms with Gasteiger partial charge in [0.15, 0.2) is 0 Å². The Labute approximate surface area is 214 Å². The summed E-state index contributed by atoms with van der Waals surface area (Å²) < 4.78 is 37.6. The first-order valence-corrected chi connectivity index (χ1v) is 11.9. The van der Waals surface area contributed by atoms with Gasteiger partial charge in [-0.3, -0.25) is 0 Å². The highest BCUT2D eigenvalue weighted by Gasteiger charge is 2.20. The minimum absolute atomic E-state index is 0.0597. The highest BCUT2D eigenvalue weighted by Crippen LogP contribution is 2.27. The topological polar surface area (TPSA) is 44.1 Å². The first kappa shape index (κ1) is 23.6. The standard InChI is InChI=1S/C29H19BrF2N2O2/c30-20-15-13-19(14-16-20)18-34-26-12-6-5-11-25(26)33-28(34)17-27(21-7-1-3-9-23(21)31)36-29(35)22-8-2-4-10-24(22)32/h1-17H,18H2. The molecule has 4 nitrogen and oxygen atoms in total. The second-order valence-corrected chi connectivity index (χ2v) is 8.94. The molecule has 178 valence electrons. The highest BCUT2D eigenvalue weighted by atomic mass is 79.9. The molecule has 5 aromatic rings. The summed E-state index contributed by atoms with van der Waals surface area (Å²) >= 11 is 3.45. The highest BCUT2D eigenvalue weighted by molar-refractivity contribution is 9.10. The number of imidazole rings is 1. The van der Waals surface area contributed by atoms with Gasteiger partial charge in [0.25, 0.3) is 0 Å². The van der Waals surface area contributed by atoms with Crippen molar-refractivity contribution in [3.05, 3.63) is 136 Å². The Hall–Kier alpha value is -4.10. The molecule has 0 fully saturated rings. The Morgan fingerprint density at radius 2 is 1.44 bits per heavy atom. The fourth-order valence-electron chi connectivity index (χ4n) is 3.86. The number of halogens is 3.